The van der Waals surface area contributed by atoms with Crippen molar-refractivity contribution in [2.75, 3.05) is 0 Å². The van der Waals surface area contributed by atoms with Gasteiger partial charge in [0.05, 0.1) is 11.1 Å². The average molecular weight is 283 g/mol. The van der Waals surface area contributed by atoms with Gasteiger partial charge in [0.15, 0.2) is 17.0 Å². The Labute approximate surface area is 120 Å². The first kappa shape index (κ1) is 13.2. The number of benzene rings is 1. The highest BCUT2D eigenvalue weighted by Crippen LogP contribution is 2.35. The molecule has 106 valence electrons. The summed E-state index contributed by atoms with van der Waals surface area (Å²) >= 11 is 0. The SMILES string of the molecule is Cc1ccc(-c2cc3c(O)c(C(=O)O)nc(C)c3o2)cc1. The van der Waals surface area contributed by atoms with E-state index in [-0.39, 0.29) is 11.4 Å². The first-order valence-corrected chi connectivity index (χ1v) is 6.41. The van der Waals surface area contributed by atoms with E-state index in [4.69, 9.17) is 9.52 Å². The van der Waals surface area contributed by atoms with E-state index in [9.17, 15) is 9.90 Å². The van der Waals surface area contributed by atoms with E-state index in [0.717, 1.165) is 11.1 Å². The van der Waals surface area contributed by atoms with Crippen LogP contribution in [0.3, 0.4) is 0 Å². The minimum atomic E-state index is -1.27. The van der Waals surface area contributed by atoms with Crippen molar-refractivity contribution in [2.45, 2.75) is 13.8 Å². The molecule has 1 aromatic carbocycles. The van der Waals surface area contributed by atoms with Gasteiger partial charge < -0.3 is 14.6 Å². The quantitative estimate of drug-likeness (QED) is 0.751. The van der Waals surface area contributed by atoms with E-state index in [1.54, 1.807) is 13.0 Å². The number of nitrogens with zero attached hydrogens (tertiary/aromatic N) is 1. The van der Waals surface area contributed by atoms with Gasteiger partial charge >= 0.3 is 5.97 Å². The fraction of sp³-hybridized carbons (Fsp3) is 0.125. The number of rotatable bonds is 2. The van der Waals surface area contributed by atoms with Crippen LogP contribution in [0.5, 0.6) is 5.75 Å². The molecule has 0 aliphatic rings. The second kappa shape index (κ2) is 4.63. The van der Waals surface area contributed by atoms with Crippen LogP contribution in [0.4, 0.5) is 0 Å². The number of aromatic hydroxyl groups is 1. The molecular formula is C16H13NO4. The van der Waals surface area contributed by atoms with E-state index in [1.807, 2.05) is 31.2 Å². The molecule has 0 atom stereocenters. The van der Waals surface area contributed by atoms with Crippen molar-refractivity contribution in [3.8, 4) is 17.1 Å². The first-order valence-electron chi connectivity index (χ1n) is 6.41. The van der Waals surface area contributed by atoms with Crippen LogP contribution in [-0.4, -0.2) is 21.2 Å². The lowest BCUT2D eigenvalue weighted by atomic mass is 10.1. The zero-order valence-electron chi connectivity index (χ0n) is 11.5. The highest BCUT2D eigenvalue weighted by atomic mass is 16.4. The number of pyridine rings is 1. The van der Waals surface area contributed by atoms with Crippen molar-refractivity contribution < 1.29 is 19.4 Å². The zero-order chi connectivity index (χ0) is 15.1. The number of aryl methyl sites for hydroxylation is 2. The Hall–Kier alpha value is -2.82. The molecule has 0 saturated heterocycles. The van der Waals surface area contributed by atoms with Gasteiger partial charge in [-0.25, -0.2) is 9.78 Å². The number of carboxylic acid groups (broad SMARTS) is 1. The maximum Gasteiger partial charge on any atom is 0.358 e. The van der Waals surface area contributed by atoms with Gasteiger partial charge in [0.2, 0.25) is 0 Å². The molecule has 0 fully saturated rings. The summed E-state index contributed by atoms with van der Waals surface area (Å²) in [6, 6.07) is 9.36. The second-order valence-electron chi connectivity index (χ2n) is 4.92. The molecule has 0 radical (unpaired) electrons. The maximum absolute atomic E-state index is 11.1. The Bertz CT molecular complexity index is 847. The third kappa shape index (κ3) is 2.12. The van der Waals surface area contributed by atoms with E-state index in [0.29, 0.717) is 22.4 Å². The molecule has 2 N–H and O–H groups in total. The molecule has 5 nitrogen and oxygen atoms in total. The number of aromatic nitrogens is 1. The normalized spacial score (nSPS) is 11.0. The number of carboxylic acids is 1. The van der Waals surface area contributed by atoms with Crippen molar-refractivity contribution >= 4 is 16.9 Å². The smallest absolute Gasteiger partial charge is 0.358 e. The van der Waals surface area contributed by atoms with Crippen LogP contribution >= 0.6 is 0 Å². The molecular weight excluding hydrogens is 270 g/mol. The zero-order valence-corrected chi connectivity index (χ0v) is 11.5. The van der Waals surface area contributed by atoms with E-state index in [1.165, 1.54) is 0 Å². The minimum Gasteiger partial charge on any atom is -0.505 e. The van der Waals surface area contributed by atoms with Crippen LogP contribution in [0, 0.1) is 13.8 Å². The Kier molecular flexibility index (Phi) is 2.90. The largest absolute Gasteiger partial charge is 0.505 e. The molecule has 0 saturated carbocycles. The van der Waals surface area contributed by atoms with Crippen LogP contribution in [0.2, 0.25) is 0 Å². The fourth-order valence-corrected chi connectivity index (χ4v) is 2.24. The highest BCUT2D eigenvalue weighted by Gasteiger charge is 2.20. The predicted molar refractivity (Wildman–Crippen MR) is 77.5 cm³/mol. The number of hydrogen-bond donors (Lipinski definition) is 2. The number of hydrogen-bond acceptors (Lipinski definition) is 4. The van der Waals surface area contributed by atoms with Gasteiger partial charge in [0.25, 0.3) is 0 Å². The van der Waals surface area contributed by atoms with Crippen LogP contribution in [0.15, 0.2) is 34.7 Å². The molecule has 0 unspecified atom stereocenters. The molecule has 0 aliphatic carbocycles. The molecule has 3 rings (SSSR count). The van der Waals surface area contributed by atoms with Crippen molar-refractivity contribution in [1.29, 1.82) is 0 Å². The lowest BCUT2D eigenvalue weighted by Crippen LogP contribution is -2.02. The number of aromatic carboxylic acids is 1. The molecule has 0 aliphatic heterocycles. The van der Waals surface area contributed by atoms with Gasteiger partial charge in [-0.15, -0.1) is 0 Å². The van der Waals surface area contributed by atoms with Crippen molar-refractivity contribution in [3.05, 3.63) is 47.3 Å². The van der Waals surface area contributed by atoms with Gasteiger partial charge in [-0.1, -0.05) is 29.8 Å². The maximum atomic E-state index is 11.1. The topological polar surface area (TPSA) is 83.6 Å². The van der Waals surface area contributed by atoms with Gasteiger partial charge in [-0.05, 0) is 19.9 Å². The first-order chi connectivity index (χ1) is 9.97. The van der Waals surface area contributed by atoms with E-state index < -0.39 is 5.97 Å². The molecule has 2 aromatic heterocycles. The van der Waals surface area contributed by atoms with Crippen molar-refractivity contribution in [3.63, 3.8) is 0 Å². The third-order valence-electron chi connectivity index (χ3n) is 3.36. The Balaban J connectivity index is 2.24. The molecule has 2 heterocycles. The summed E-state index contributed by atoms with van der Waals surface area (Å²) < 4.78 is 5.72. The van der Waals surface area contributed by atoms with Crippen molar-refractivity contribution in [2.24, 2.45) is 0 Å². The molecule has 21 heavy (non-hydrogen) atoms. The lowest BCUT2D eigenvalue weighted by molar-refractivity contribution is 0.0687. The standard InChI is InChI=1S/C16H13NO4/c1-8-3-5-10(6-4-8)12-7-11-14(18)13(16(19)20)17-9(2)15(11)21-12/h3-7,18H,1-2H3,(H,19,20). The lowest BCUT2D eigenvalue weighted by Gasteiger charge is -2.01. The van der Waals surface area contributed by atoms with Gasteiger partial charge in [0.1, 0.15) is 5.76 Å². The summed E-state index contributed by atoms with van der Waals surface area (Å²) in [6.45, 7) is 3.64. The molecule has 3 aromatic rings. The summed E-state index contributed by atoms with van der Waals surface area (Å²) in [5.74, 6) is -1.08. The summed E-state index contributed by atoms with van der Waals surface area (Å²) in [4.78, 5) is 15.0. The van der Waals surface area contributed by atoms with Crippen molar-refractivity contribution in [1.82, 2.24) is 4.98 Å². The Morgan fingerprint density at radius 3 is 2.48 bits per heavy atom. The average Bonchev–Trinajstić information content (AvgIpc) is 2.89. The molecule has 0 bridgehead atoms. The van der Waals surface area contributed by atoms with Crippen LogP contribution in [0.25, 0.3) is 22.3 Å². The Morgan fingerprint density at radius 2 is 1.86 bits per heavy atom. The number of furan rings is 1. The second-order valence-corrected chi connectivity index (χ2v) is 4.92. The van der Waals surface area contributed by atoms with Crippen LogP contribution in [0.1, 0.15) is 21.7 Å². The van der Waals surface area contributed by atoms with Crippen LogP contribution in [-0.2, 0) is 0 Å². The fourth-order valence-electron chi connectivity index (χ4n) is 2.24. The van der Waals surface area contributed by atoms with Gasteiger partial charge in [0, 0.05) is 5.56 Å². The summed E-state index contributed by atoms with van der Waals surface area (Å²) in [5, 5.41) is 19.5. The number of fused-ring (bicyclic) bond motifs is 1. The molecule has 0 spiro atoms. The van der Waals surface area contributed by atoms with E-state index >= 15 is 0 Å². The van der Waals surface area contributed by atoms with Gasteiger partial charge in [-0.3, -0.25) is 0 Å². The predicted octanol–water partition coefficient (Wildman–Crippen LogP) is 3.52. The van der Waals surface area contributed by atoms with Gasteiger partial charge in [-0.2, -0.15) is 0 Å². The van der Waals surface area contributed by atoms with E-state index in [2.05, 4.69) is 4.98 Å². The van der Waals surface area contributed by atoms with Crippen LogP contribution < -0.4 is 0 Å². The summed E-state index contributed by atoms with van der Waals surface area (Å²) in [5.41, 5.74) is 2.44. The minimum absolute atomic E-state index is 0.357. The number of carbonyl (C=O) groups is 1. The highest BCUT2D eigenvalue weighted by molar-refractivity contribution is 5.98. The molecule has 0 amide bonds. The summed E-state index contributed by atoms with van der Waals surface area (Å²) in [7, 11) is 0. The monoisotopic (exact) mass is 283 g/mol. The summed E-state index contributed by atoms with van der Waals surface area (Å²) in [6.07, 6.45) is 0. The Morgan fingerprint density at radius 1 is 1.19 bits per heavy atom. The third-order valence-corrected chi connectivity index (χ3v) is 3.36. The molecule has 5 heteroatoms.